The molecular formula is C21H20BrN3O6. The van der Waals surface area contributed by atoms with Gasteiger partial charge in [-0.3, -0.25) is 19.6 Å². The molecule has 2 aliphatic rings. The summed E-state index contributed by atoms with van der Waals surface area (Å²) in [5.74, 6) is -2.74. The van der Waals surface area contributed by atoms with Gasteiger partial charge in [-0.05, 0) is 48.9 Å². The molecule has 162 valence electrons. The Morgan fingerprint density at radius 2 is 1.84 bits per heavy atom. The number of halogens is 1. The molecule has 1 fully saturated rings. The number of fused-ring (bicyclic) bond motifs is 2. The lowest BCUT2D eigenvalue weighted by molar-refractivity contribution is -0.256. The first-order valence-electron chi connectivity index (χ1n) is 9.69. The van der Waals surface area contributed by atoms with Crippen LogP contribution in [0.2, 0.25) is 0 Å². The summed E-state index contributed by atoms with van der Waals surface area (Å²) in [6.07, 6.45) is 0.760. The van der Waals surface area contributed by atoms with Gasteiger partial charge in [0.2, 0.25) is 5.91 Å². The third kappa shape index (κ3) is 4.07. The average Bonchev–Trinajstić information content (AvgIpc) is 3.00. The SMILES string of the molecule is O=C(CCN1C(=O)C2(OCCCO2)c2cc(Br)ccc21)Nc1ccc(C(=O)NO)cc1. The highest BCUT2D eigenvalue weighted by Crippen LogP contribution is 2.46. The van der Waals surface area contributed by atoms with Crippen molar-refractivity contribution in [3.8, 4) is 0 Å². The molecule has 0 radical (unpaired) electrons. The summed E-state index contributed by atoms with van der Waals surface area (Å²) < 4.78 is 12.4. The number of carbonyl (C=O) groups excluding carboxylic acids is 3. The Hall–Kier alpha value is -2.79. The fraction of sp³-hybridized carbons (Fsp3) is 0.286. The highest BCUT2D eigenvalue weighted by molar-refractivity contribution is 9.10. The van der Waals surface area contributed by atoms with Crippen LogP contribution in [-0.4, -0.2) is 42.7 Å². The van der Waals surface area contributed by atoms with E-state index in [0.717, 1.165) is 4.47 Å². The van der Waals surface area contributed by atoms with Crippen molar-refractivity contribution >= 4 is 45.0 Å². The van der Waals surface area contributed by atoms with Crippen molar-refractivity contribution in [1.82, 2.24) is 5.48 Å². The highest BCUT2D eigenvalue weighted by atomic mass is 79.9. The molecular weight excluding hydrogens is 470 g/mol. The van der Waals surface area contributed by atoms with Crippen molar-refractivity contribution < 1.29 is 29.1 Å². The molecule has 2 aliphatic heterocycles. The van der Waals surface area contributed by atoms with Crippen LogP contribution in [0.25, 0.3) is 0 Å². The van der Waals surface area contributed by atoms with E-state index in [0.29, 0.717) is 36.6 Å². The maximum atomic E-state index is 13.2. The molecule has 0 aromatic heterocycles. The van der Waals surface area contributed by atoms with Crippen LogP contribution in [0.3, 0.4) is 0 Å². The second-order valence-corrected chi connectivity index (χ2v) is 8.02. The van der Waals surface area contributed by atoms with E-state index >= 15 is 0 Å². The van der Waals surface area contributed by atoms with Crippen LogP contribution in [0.1, 0.15) is 28.8 Å². The van der Waals surface area contributed by atoms with Gasteiger partial charge in [0, 0.05) is 34.3 Å². The molecule has 0 aliphatic carbocycles. The Balaban J connectivity index is 1.45. The van der Waals surface area contributed by atoms with Gasteiger partial charge < -0.3 is 19.7 Å². The lowest BCUT2D eigenvalue weighted by atomic mass is 10.1. The van der Waals surface area contributed by atoms with Crippen LogP contribution in [0, 0.1) is 0 Å². The first-order valence-corrected chi connectivity index (χ1v) is 10.5. The Morgan fingerprint density at radius 3 is 2.52 bits per heavy atom. The molecule has 0 bridgehead atoms. The van der Waals surface area contributed by atoms with E-state index < -0.39 is 11.7 Å². The minimum absolute atomic E-state index is 0.0518. The highest BCUT2D eigenvalue weighted by Gasteiger charge is 2.54. The Morgan fingerprint density at radius 1 is 1.13 bits per heavy atom. The number of hydrogen-bond donors (Lipinski definition) is 3. The number of nitrogens with zero attached hydrogens (tertiary/aromatic N) is 1. The molecule has 2 heterocycles. The quantitative estimate of drug-likeness (QED) is 0.438. The molecule has 3 amide bonds. The van der Waals surface area contributed by atoms with E-state index in [-0.39, 0.29) is 30.3 Å². The number of rotatable bonds is 5. The minimum Gasteiger partial charge on any atom is -0.338 e. The average molecular weight is 490 g/mol. The van der Waals surface area contributed by atoms with Crippen molar-refractivity contribution in [3.63, 3.8) is 0 Å². The number of carbonyl (C=O) groups is 3. The lowest BCUT2D eigenvalue weighted by Gasteiger charge is -2.32. The molecule has 1 spiro atoms. The normalized spacial score (nSPS) is 16.8. The Kier molecular flexibility index (Phi) is 6.05. The van der Waals surface area contributed by atoms with Crippen LogP contribution in [0.5, 0.6) is 0 Å². The van der Waals surface area contributed by atoms with E-state index in [4.69, 9.17) is 14.7 Å². The standard InChI is InChI=1S/C21H20BrN3O6/c22-14-4-7-17-16(12-14)21(30-10-1-11-31-21)20(28)25(17)9-8-18(26)23-15-5-2-13(3-6-15)19(27)24-29/h2-7,12,29H,1,8-11H2,(H,23,26)(H,24,27). The first-order chi connectivity index (χ1) is 14.9. The number of anilines is 2. The third-order valence-electron chi connectivity index (χ3n) is 5.12. The molecule has 31 heavy (non-hydrogen) atoms. The molecule has 2 aromatic carbocycles. The predicted octanol–water partition coefficient (Wildman–Crippen LogP) is 2.53. The summed E-state index contributed by atoms with van der Waals surface area (Å²) in [4.78, 5) is 38.6. The summed E-state index contributed by atoms with van der Waals surface area (Å²) >= 11 is 3.43. The molecule has 9 nitrogen and oxygen atoms in total. The topological polar surface area (TPSA) is 117 Å². The van der Waals surface area contributed by atoms with E-state index in [9.17, 15) is 14.4 Å². The smallest absolute Gasteiger partial charge is 0.292 e. The Bertz CT molecular complexity index is 1020. The van der Waals surface area contributed by atoms with E-state index in [1.54, 1.807) is 23.7 Å². The van der Waals surface area contributed by atoms with Gasteiger partial charge in [-0.25, -0.2) is 5.48 Å². The van der Waals surface area contributed by atoms with E-state index in [1.807, 2.05) is 12.1 Å². The van der Waals surface area contributed by atoms with Crippen molar-refractivity contribution in [2.24, 2.45) is 0 Å². The summed E-state index contributed by atoms with van der Waals surface area (Å²) in [5.41, 5.74) is 3.58. The van der Waals surface area contributed by atoms with Gasteiger partial charge in [-0.2, -0.15) is 0 Å². The van der Waals surface area contributed by atoms with Crippen LogP contribution < -0.4 is 15.7 Å². The van der Waals surface area contributed by atoms with Gasteiger partial charge >= 0.3 is 0 Å². The summed E-state index contributed by atoms with van der Waals surface area (Å²) in [7, 11) is 0. The fourth-order valence-corrected chi connectivity index (χ4v) is 4.01. The molecule has 0 unspecified atom stereocenters. The van der Waals surface area contributed by atoms with E-state index in [1.165, 1.54) is 17.0 Å². The second kappa shape index (κ2) is 8.75. The second-order valence-electron chi connectivity index (χ2n) is 7.10. The van der Waals surface area contributed by atoms with Crippen molar-refractivity contribution in [2.75, 3.05) is 30.0 Å². The van der Waals surface area contributed by atoms with Gasteiger partial charge in [-0.15, -0.1) is 0 Å². The van der Waals surface area contributed by atoms with Crippen LogP contribution in [-0.2, 0) is 24.8 Å². The van der Waals surface area contributed by atoms with Crippen molar-refractivity contribution in [3.05, 3.63) is 58.1 Å². The monoisotopic (exact) mass is 489 g/mol. The molecule has 4 rings (SSSR count). The molecule has 1 saturated heterocycles. The zero-order valence-corrected chi connectivity index (χ0v) is 18.0. The zero-order chi connectivity index (χ0) is 22.0. The van der Waals surface area contributed by atoms with Crippen LogP contribution in [0.4, 0.5) is 11.4 Å². The predicted molar refractivity (Wildman–Crippen MR) is 114 cm³/mol. The fourth-order valence-electron chi connectivity index (χ4n) is 3.65. The van der Waals surface area contributed by atoms with Crippen molar-refractivity contribution in [1.29, 1.82) is 0 Å². The molecule has 2 aromatic rings. The Labute approximate surface area is 186 Å². The van der Waals surface area contributed by atoms with Crippen LogP contribution >= 0.6 is 15.9 Å². The van der Waals surface area contributed by atoms with Crippen LogP contribution in [0.15, 0.2) is 46.9 Å². The number of nitrogens with one attached hydrogen (secondary N) is 2. The number of hydroxylamine groups is 1. The summed E-state index contributed by atoms with van der Waals surface area (Å²) in [5, 5.41) is 11.4. The third-order valence-corrected chi connectivity index (χ3v) is 5.62. The van der Waals surface area contributed by atoms with Gasteiger partial charge in [0.25, 0.3) is 17.6 Å². The first kappa shape index (κ1) is 21.4. The number of amides is 3. The summed E-state index contributed by atoms with van der Waals surface area (Å²) in [6, 6.07) is 11.5. The minimum atomic E-state index is -1.46. The van der Waals surface area contributed by atoms with Gasteiger partial charge in [0.05, 0.1) is 18.9 Å². The van der Waals surface area contributed by atoms with Gasteiger partial charge in [-0.1, -0.05) is 15.9 Å². The number of benzene rings is 2. The zero-order valence-electron chi connectivity index (χ0n) is 16.4. The maximum Gasteiger partial charge on any atom is 0.292 e. The van der Waals surface area contributed by atoms with Crippen molar-refractivity contribution in [2.45, 2.75) is 18.6 Å². The largest absolute Gasteiger partial charge is 0.338 e. The molecule has 10 heteroatoms. The van der Waals surface area contributed by atoms with Gasteiger partial charge in [0.15, 0.2) is 0 Å². The van der Waals surface area contributed by atoms with E-state index in [2.05, 4.69) is 21.2 Å². The lowest BCUT2D eigenvalue weighted by Crippen LogP contribution is -2.47. The van der Waals surface area contributed by atoms with Gasteiger partial charge in [0.1, 0.15) is 0 Å². The number of ether oxygens (including phenoxy) is 2. The number of hydrogen-bond acceptors (Lipinski definition) is 6. The molecule has 0 saturated carbocycles. The molecule has 0 atom stereocenters. The molecule has 3 N–H and O–H groups in total. The maximum absolute atomic E-state index is 13.2. The summed E-state index contributed by atoms with van der Waals surface area (Å²) in [6.45, 7) is 0.978.